The second-order valence-corrected chi connectivity index (χ2v) is 7.95. The zero-order valence-corrected chi connectivity index (χ0v) is 15.2. The molecule has 4 heteroatoms. The van der Waals surface area contributed by atoms with Gasteiger partial charge < -0.3 is 9.47 Å². The zero-order chi connectivity index (χ0) is 16.9. The molecule has 2 rings (SSSR count). The van der Waals surface area contributed by atoms with Gasteiger partial charge in [-0.2, -0.15) is 0 Å². The number of ether oxygens (including phenoxy) is 2. The fraction of sp³-hybridized carbons (Fsp3) is 0.316. The summed E-state index contributed by atoms with van der Waals surface area (Å²) in [6.45, 7) is 6.38. The van der Waals surface area contributed by atoms with Crippen LogP contribution >= 0.6 is 15.9 Å². The van der Waals surface area contributed by atoms with E-state index < -0.39 is 4.32 Å². The number of hydrogen-bond acceptors (Lipinski definition) is 3. The van der Waals surface area contributed by atoms with Crippen molar-refractivity contribution in [2.75, 3.05) is 0 Å². The summed E-state index contributed by atoms with van der Waals surface area (Å²) in [7, 11) is 0. The molecule has 0 radical (unpaired) electrons. The van der Waals surface area contributed by atoms with E-state index in [9.17, 15) is 4.79 Å². The van der Waals surface area contributed by atoms with Crippen molar-refractivity contribution in [2.45, 2.75) is 38.3 Å². The number of benzene rings is 2. The van der Waals surface area contributed by atoms with Gasteiger partial charge in [-0.1, -0.05) is 57.9 Å². The molecule has 0 fully saturated rings. The second-order valence-electron chi connectivity index (χ2n) is 5.97. The molecule has 0 aliphatic rings. The number of alkyl halides is 1. The van der Waals surface area contributed by atoms with Gasteiger partial charge in [0.05, 0.1) is 0 Å². The third kappa shape index (κ3) is 5.71. The smallest absolute Gasteiger partial charge is 0.322 e. The van der Waals surface area contributed by atoms with Crippen molar-refractivity contribution in [2.24, 2.45) is 0 Å². The van der Waals surface area contributed by atoms with Gasteiger partial charge in [0.15, 0.2) is 0 Å². The third-order valence-electron chi connectivity index (χ3n) is 3.30. The monoisotopic (exact) mass is 376 g/mol. The van der Waals surface area contributed by atoms with Crippen molar-refractivity contribution in [1.29, 1.82) is 0 Å². The van der Waals surface area contributed by atoms with Crippen molar-refractivity contribution in [1.82, 2.24) is 0 Å². The van der Waals surface area contributed by atoms with E-state index in [1.807, 2.05) is 24.3 Å². The predicted molar refractivity (Wildman–Crippen MR) is 94.8 cm³/mol. The average Bonchev–Trinajstić information content (AvgIpc) is 2.52. The van der Waals surface area contributed by atoms with Crippen LogP contribution in [0.3, 0.4) is 0 Å². The molecule has 2 aromatic carbocycles. The van der Waals surface area contributed by atoms with Gasteiger partial charge in [0.25, 0.3) is 0 Å². The van der Waals surface area contributed by atoms with Crippen molar-refractivity contribution >= 4 is 21.9 Å². The Labute approximate surface area is 145 Å². The van der Waals surface area contributed by atoms with E-state index in [0.29, 0.717) is 6.61 Å². The maximum atomic E-state index is 11.7. The first-order chi connectivity index (χ1) is 10.8. The summed E-state index contributed by atoms with van der Waals surface area (Å²) in [5.41, 5.74) is 3.30. The quantitative estimate of drug-likeness (QED) is 0.536. The fourth-order valence-corrected chi connectivity index (χ4v) is 1.97. The molecule has 0 amide bonds. The van der Waals surface area contributed by atoms with Crippen LogP contribution in [0.5, 0.6) is 5.75 Å². The highest BCUT2D eigenvalue weighted by Gasteiger charge is 2.25. The Morgan fingerprint density at radius 3 is 2.04 bits per heavy atom. The minimum absolute atomic E-state index is 0.256. The molecular weight excluding hydrogens is 356 g/mol. The molecule has 0 bridgehead atoms. The van der Waals surface area contributed by atoms with E-state index in [1.54, 1.807) is 13.8 Å². The van der Waals surface area contributed by atoms with Gasteiger partial charge in [-0.15, -0.1) is 0 Å². The Morgan fingerprint density at radius 1 is 0.957 bits per heavy atom. The van der Waals surface area contributed by atoms with Gasteiger partial charge in [0, 0.05) is 0 Å². The topological polar surface area (TPSA) is 35.5 Å². The zero-order valence-electron chi connectivity index (χ0n) is 13.6. The number of esters is 1. The molecule has 2 aromatic rings. The van der Waals surface area contributed by atoms with Crippen LogP contribution in [0.25, 0.3) is 0 Å². The molecule has 0 spiro atoms. The van der Waals surface area contributed by atoms with Crippen LogP contribution in [-0.2, 0) is 22.7 Å². The largest absolute Gasteiger partial charge is 0.489 e. The van der Waals surface area contributed by atoms with Gasteiger partial charge >= 0.3 is 5.97 Å². The van der Waals surface area contributed by atoms with E-state index >= 15 is 0 Å². The summed E-state index contributed by atoms with van der Waals surface area (Å²) in [5, 5.41) is 0. The SMILES string of the molecule is Cc1ccc(COc2ccc(COC(=O)C(C)(C)Br)cc2)cc1. The van der Waals surface area contributed by atoms with Crippen LogP contribution in [0.4, 0.5) is 0 Å². The van der Waals surface area contributed by atoms with E-state index in [1.165, 1.54) is 5.56 Å². The number of halogens is 1. The van der Waals surface area contributed by atoms with E-state index in [-0.39, 0.29) is 12.6 Å². The average molecular weight is 377 g/mol. The summed E-state index contributed by atoms with van der Waals surface area (Å²) < 4.78 is 10.3. The van der Waals surface area contributed by atoms with Crippen LogP contribution in [0.1, 0.15) is 30.5 Å². The Bertz CT molecular complexity index is 640. The second kappa shape index (κ2) is 7.64. The van der Waals surface area contributed by atoms with Crippen molar-refractivity contribution in [3.05, 3.63) is 65.2 Å². The van der Waals surface area contributed by atoms with Crippen LogP contribution in [0, 0.1) is 6.92 Å². The summed E-state index contributed by atoms with van der Waals surface area (Å²) in [6.07, 6.45) is 0. The highest BCUT2D eigenvalue weighted by molar-refractivity contribution is 9.10. The molecule has 0 aliphatic heterocycles. The molecule has 3 nitrogen and oxygen atoms in total. The lowest BCUT2D eigenvalue weighted by Crippen LogP contribution is -2.26. The molecule has 0 aliphatic carbocycles. The highest BCUT2D eigenvalue weighted by atomic mass is 79.9. The van der Waals surface area contributed by atoms with Gasteiger partial charge in [-0.3, -0.25) is 4.79 Å². The predicted octanol–water partition coefficient (Wildman–Crippen LogP) is 4.79. The molecule has 0 saturated heterocycles. The van der Waals surface area contributed by atoms with E-state index in [4.69, 9.17) is 9.47 Å². The molecule has 0 unspecified atom stereocenters. The molecule has 0 heterocycles. The van der Waals surface area contributed by atoms with Gasteiger partial charge in [-0.05, 0) is 44.0 Å². The number of hydrogen-bond donors (Lipinski definition) is 0. The molecule has 0 saturated carbocycles. The Balaban J connectivity index is 1.84. The summed E-state index contributed by atoms with van der Waals surface area (Å²) in [4.78, 5) is 11.7. The van der Waals surface area contributed by atoms with Crippen LogP contribution in [0.15, 0.2) is 48.5 Å². The fourth-order valence-electron chi connectivity index (χ4n) is 1.85. The van der Waals surface area contributed by atoms with Crippen molar-refractivity contribution in [3.8, 4) is 5.75 Å². The minimum atomic E-state index is -0.663. The van der Waals surface area contributed by atoms with Gasteiger partial charge in [0.2, 0.25) is 0 Å². The van der Waals surface area contributed by atoms with Gasteiger partial charge in [0.1, 0.15) is 23.3 Å². The highest BCUT2D eigenvalue weighted by Crippen LogP contribution is 2.19. The van der Waals surface area contributed by atoms with Crippen LogP contribution < -0.4 is 4.74 Å². The lowest BCUT2D eigenvalue weighted by Gasteiger charge is -2.15. The third-order valence-corrected chi connectivity index (χ3v) is 3.63. The molecule has 122 valence electrons. The van der Waals surface area contributed by atoms with E-state index in [0.717, 1.165) is 16.9 Å². The number of carbonyl (C=O) groups excluding carboxylic acids is 1. The minimum Gasteiger partial charge on any atom is -0.489 e. The van der Waals surface area contributed by atoms with Crippen molar-refractivity contribution in [3.63, 3.8) is 0 Å². The lowest BCUT2D eigenvalue weighted by atomic mass is 10.2. The first-order valence-corrected chi connectivity index (χ1v) is 8.27. The Hall–Kier alpha value is -1.81. The number of aryl methyl sites for hydroxylation is 1. The molecule has 0 N–H and O–H groups in total. The van der Waals surface area contributed by atoms with E-state index in [2.05, 4.69) is 47.1 Å². The van der Waals surface area contributed by atoms with Gasteiger partial charge in [-0.25, -0.2) is 0 Å². The standard InChI is InChI=1S/C19H21BrO3/c1-14-4-6-15(7-5-14)12-22-17-10-8-16(9-11-17)13-23-18(21)19(2,3)20/h4-11H,12-13H2,1-3H3. The number of rotatable bonds is 6. The number of carbonyl (C=O) groups is 1. The normalized spacial score (nSPS) is 11.1. The lowest BCUT2D eigenvalue weighted by molar-refractivity contribution is -0.146. The van der Waals surface area contributed by atoms with Crippen LogP contribution in [-0.4, -0.2) is 10.3 Å². The first-order valence-electron chi connectivity index (χ1n) is 7.48. The molecule has 23 heavy (non-hydrogen) atoms. The molecule has 0 atom stereocenters. The van der Waals surface area contributed by atoms with Crippen LogP contribution in [0.2, 0.25) is 0 Å². The molecular formula is C19H21BrO3. The summed E-state index contributed by atoms with van der Waals surface area (Å²) >= 11 is 3.28. The maximum Gasteiger partial charge on any atom is 0.322 e. The maximum absolute atomic E-state index is 11.7. The summed E-state index contributed by atoms with van der Waals surface area (Å²) in [5.74, 6) is 0.513. The summed E-state index contributed by atoms with van der Waals surface area (Å²) in [6, 6.07) is 15.8. The first kappa shape index (κ1) is 17.5. The molecule has 0 aromatic heterocycles. The Kier molecular flexibility index (Phi) is 5.83. The Morgan fingerprint density at radius 2 is 1.48 bits per heavy atom. The van der Waals surface area contributed by atoms with Crippen molar-refractivity contribution < 1.29 is 14.3 Å².